The minimum Gasteiger partial charge on any atom is -0.490 e. The lowest BCUT2D eigenvalue weighted by Crippen LogP contribution is -2.53. The summed E-state index contributed by atoms with van der Waals surface area (Å²) in [5.74, 6) is -0.362. The SMILES string of the molecule is CN1CCN(c2c([N+](=O)[O-])ccc(OC3CCCC3)c2C(F)(F)F)C[C@@H]1CO. The van der Waals surface area contributed by atoms with E-state index < -0.39 is 34.1 Å². The molecule has 1 N–H and O–H groups in total. The van der Waals surface area contributed by atoms with Crippen LogP contribution in [0.2, 0.25) is 0 Å². The zero-order chi connectivity index (χ0) is 20.5. The van der Waals surface area contributed by atoms with Crippen molar-refractivity contribution in [3.8, 4) is 5.75 Å². The third-order valence-corrected chi connectivity index (χ3v) is 5.50. The summed E-state index contributed by atoms with van der Waals surface area (Å²) in [5.41, 5.74) is -2.18. The fourth-order valence-corrected chi connectivity index (χ4v) is 3.93. The second-order valence-corrected chi connectivity index (χ2v) is 7.35. The van der Waals surface area contributed by atoms with Gasteiger partial charge in [0, 0.05) is 25.7 Å². The Hall–Kier alpha value is -2.07. The van der Waals surface area contributed by atoms with E-state index in [1.54, 1.807) is 7.05 Å². The summed E-state index contributed by atoms with van der Waals surface area (Å²) in [6, 6.07) is 1.73. The number of aliphatic hydroxyl groups is 1. The summed E-state index contributed by atoms with van der Waals surface area (Å²) in [6.07, 6.45) is -2.00. The van der Waals surface area contributed by atoms with Gasteiger partial charge in [-0.15, -0.1) is 0 Å². The van der Waals surface area contributed by atoms with Gasteiger partial charge in [0.25, 0.3) is 5.69 Å². The fourth-order valence-electron chi connectivity index (χ4n) is 3.93. The van der Waals surface area contributed by atoms with Crippen LogP contribution in [0, 0.1) is 10.1 Å². The molecule has 0 aromatic heterocycles. The molecule has 1 saturated carbocycles. The number of hydrogen-bond acceptors (Lipinski definition) is 6. The van der Waals surface area contributed by atoms with Crippen LogP contribution in [0.4, 0.5) is 24.5 Å². The Morgan fingerprint density at radius 2 is 1.96 bits per heavy atom. The molecule has 0 bridgehead atoms. The van der Waals surface area contributed by atoms with Crippen molar-refractivity contribution in [1.82, 2.24) is 4.90 Å². The lowest BCUT2D eigenvalue weighted by Gasteiger charge is -2.40. The molecule has 0 radical (unpaired) electrons. The van der Waals surface area contributed by atoms with E-state index in [1.165, 1.54) is 4.90 Å². The number of nitro groups is 1. The number of nitrogens with zero attached hydrogens (tertiary/aromatic N) is 3. The van der Waals surface area contributed by atoms with Crippen molar-refractivity contribution in [2.75, 3.05) is 38.2 Å². The number of aliphatic hydroxyl groups excluding tert-OH is 1. The molecular formula is C18H24F3N3O4. The number of halogens is 3. The minimum atomic E-state index is -4.81. The molecule has 0 amide bonds. The highest BCUT2D eigenvalue weighted by molar-refractivity contribution is 5.73. The summed E-state index contributed by atoms with van der Waals surface area (Å²) in [4.78, 5) is 13.9. The smallest absolute Gasteiger partial charge is 0.422 e. The number of piperazine rings is 1. The average Bonchev–Trinajstić information content (AvgIpc) is 3.13. The molecule has 1 atom stereocenters. The van der Waals surface area contributed by atoms with Crippen molar-refractivity contribution in [3.05, 3.63) is 27.8 Å². The standard InChI is InChI=1S/C18H24F3N3O4/c1-22-8-9-23(10-12(22)11-25)17-14(24(26)27)6-7-15(16(17)18(19,20)21)28-13-4-2-3-5-13/h6-7,12-13,25H,2-5,8-11H2,1H3/t12-/m1/s1. The topological polar surface area (TPSA) is 79.1 Å². The number of likely N-dealkylation sites (N-methyl/N-ethyl adjacent to an activating group) is 1. The molecule has 3 rings (SSSR count). The molecule has 2 fully saturated rings. The van der Waals surface area contributed by atoms with E-state index in [2.05, 4.69) is 0 Å². The summed E-state index contributed by atoms with van der Waals surface area (Å²) in [6.45, 7) is 0.376. The molecule has 2 aliphatic rings. The summed E-state index contributed by atoms with van der Waals surface area (Å²) < 4.78 is 47.8. The quantitative estimate of drug-likeness (QED) is 0.601. The van der Waals surface area contributed by atoms with E-state index in [0.29, 0.717) is 19.4 Å². The highest BCUT2D eigenvalue weighted by atomic mass is 19.4. The van der Waals surface area contributed by atoms with Gasteiger partial charge in [0.2, 0.25) is 0 Å². The van der Waals surface area contributed by atoms with Gasteiger partial charge in [-0.25, -0.2) is 0 Å². The van der Waals surface area contributed by atoms with Crippen molar-refractivity contribution in [3.63, 3.8) is 0 Å². The third kappa shape index (κ3) is 4.17. The maximum Gasteiger partial charge on any atom is 0.422 e. The maximum absolute atomic E-state index is 14.0. The fraction of sp³-hybridized carbons (Fsp3) is 0.667. The number of rotatable bonds is 5. The molecule has 7 nitrogen and oxygen atoms in total. The van der Waals surface area contributed by atoms with Gasteiger partial charge in [0.15, 0.2) is 0 Å². The van der Waals surface area contributed by atoms with Gasteiger partial charge in [0.1, 0.15) is 17.0 Å². The maximum atomic E-state index is 14.0. The van der Waals surface area contributed by atoms with Gasteiger partial charge in [-0.05, 0) is 38.8 Å². The zero-order valence-corrected chi connectivity index (χ0v) is 15.6. The van der Waals surface area contributed by atoms with E-state index in [0.717, 1.165) is 25.0 Å². The van der Waals surface area contributed by atoms with Crippen molar-refractivity contribution >= 4 is 11.4 Å². The highest BCUT2D eigenvalue weighted by Crippen LogP contribution is 2.48. The van der Waals surface area contributed by atoms with E-state index in [-0.39, 0.29) is 31.5 Å². The van der Waals surface area contributed by atoms with Crippen LogP contribution in [-0.4, -0.2) is 60.4 Å². The molecule has 0 unspecified atom stereocenters. The lowest BCUT2D eigenvalue weighted by molar-refractivity contribution is -0.384. The van der Waals surface area contributed by atoms with Crippen molar-refractivity contribution in [2.24, 2.45) is 0 Å². The van der Waals surface area contributed by atoms with Crippen LogP contribution in [0.1, 0.15) is 31.2 Å². The van der Waals surface area contributed by atoms with E-state index in [1.807, 2.05) is 4.90 Å². The van der Waals surface area contributed by atoms with Gasteiger partial charge in [-0.1, -0.05) is 0 Å². The predicted molar refractivity (Wildman–Crippen MR) is 96.7 cm³/mol. The number of nitro benzene ring substituents is 1. The van der Waals surface area contributed by atoms with Crippen LogP contribution in [0.5, 0.6) is 5.75 Å². The molecule has 1 heterocycles. The molecule has 1 aliphatic heterocycles. The van der Waals surface area contributed by atoms with Crippen LogP contribution in [0.25, 0.3) is 0 Å². The molecule has 1 saturated heterocycles. The number of ether oxygens (including phenoxy) is 1. The number of hydrogen-bond donors (Lipinski definition) is 1. The van der Waals surface area contributed by atoms with Crippen LogP contribution in [0.15, 0.2) is 12.1 Å². The van der Waals surface area contributed by atoms with Crippen molar-refractivity contribution in [2.45, 2.75) is 44.0 Å². The van der Waals surface area contributed by atoms with E-state index in [9.17, 15) is 28.4 Å². The second kappa shape index (κ2) is 8.12. The van der Waals surface area contributed by atoms with Gasteiger partial charge < -0.3 is 14.7 Å². The summed E-state index contributed by atoms with van der Waals surface area (Å²) in [5, 5.41) is 21.1. The largest absolute Gasteiger partial charge is 0.490 e. The molecule has 28 heavy (non-hydrogen) atoms. The predicted octanol–water partition coefficient (Wildman–Crippen LogP) is 3.05. The second-order valence-electron chi connectivity index (χ2n) is 7.35. The molecule has 10 heteroatoms. The molecule has 156 valence electrons. The first kappa shape index (κ1) is 20.7. The Morgan fingerprint density at radius 3 is 2.54 bits per heavy atom. The molecule has 1 aliphatic carbocycles. The van der Waals surface area contributed by atoms with E-state index in [4.69, 9.17) is 4.74 Å². The Bertz CT molecular complexity index is 723. The Balaban J connectivity index is 2.09. The van der Waals surface area contributed by atoms with Gasteiger partial charge in [-0.3, -0.25) is 15.0 Å². The van der Waals surface area contributed by atoms with Crippen LogP contribution in [0.3, 0.4) is 0 Å². The number of anilines is 1. The normalized spacial score (nSPS) is 21.9. The van der Waals surface area contributed by atoms with Gasteiger partial charge in [0.05, 0.1) is 23.7 Å². The van der Waals surface area contributed by atoms with Crippen LogP contribution < -0.4 is 9.64 Å². The molecule has 0 spiro atoms. The Kier molecular flexibility index (Phi) is 5.99. The Labute approximate surface area is 160 Å². The van der Waals surface area contributed by atoms with Crippen molar-refractivity contribution < 1.29 is 27.9 Å². The minimum absolute atomic E-state index is 0.0593. The first-order chi connectivity index (χ1) is 13.2. The molecular weight excluding hydrogens is 379 g/mol. The first-order valence-electron chi connectivity index (χ1n) is 9.33. The number of benzene rings is 1. The third-order valence-electron chi connectivity index (χ3n) is 5.50. The molecule has 1 aromatic carbocycles. The average molecular weight is 403 g/mol. The van der Waals surface area contributed by atoms with Crippen molar-refractivity contribution in [1.29, 1.82) is 0 Å². The Morgan fingerprint density at radius 1 is 1.29 bits per heavy atom. The lowest BCUT2D eigenvalue weighted by atomic mass is 10.0. The number of alkyl halides is 3. The highest BCUT2D eigenvalue weighted by Gasteiger charge is 2.44. The van der Waals surface area contributed by atoms with Crippen LogP contribution in [-0.2, 0) is 6.18 Å². The monoisotopic (exact) mass is 403 g/mol. The summed E-state index contributed by atoms with van der Waals surface area (Å²) in [7, 11) is 1.76. The molecule has 1 aromatic rings. The van der Waals surface area contributed by atoms with Gasteiger partial charge in [-0.2, -0.15) is 13.2 Å². The van der Waals surface area contributed by atoms with Crippen LogP contribution >= 0.6 is 0 Å². The van der Waals surface area contributed by atoms with E-state index >= 15 is 0 Å². The van der Waals surface area contributed by atoms with Gasteiger partial charge >= 0.3 is 6.18 Å². The summed E-state index contributed by atoms with van der Waals surface area (Å²) >= 11 is 0. The zero-order valence-electron chi connectivity index (χ0n) is 15.6. The first-order valence-corrected chi connectivity index (χ1v) is 9.33.